The second kappa shape index (κ2) is 5.75. The number of nitrogens with two attached hydrogens (primary N) is 1. The zero-order valence-corrected chi connectivity index (χ0v) is 10.3. The van der Waals surface area contributed by atoms with Gasteiger partial charge in [0.15, 0.2) is 0 Å². The molecule has 0 aliphatic rings. The predicted molar refractivity (Wildman–Crippen MR) is 67.7 cm³/mol. The first kappa shape index (κ1) is 12.8. The Hall–Kier alpha value is -1.22. The van der Waals surface area contributed by atoms with E-state index in [0.717, 1.165) is 6.42 Å². The highest BCUT2D eigenvalue weighted by Gasteiger charge is 2.10. The van der Waals surface area contributed by atoms with Crippen molar-refractivity contribution < 1.29 is 4.79 Å². The number of halogens is 1. The average molecular weight is 241 g/mol. The fraction of sp³-hybridized carbons (Fsp3) is 0.417. The summed E-state index contributed by atoms with van der Waals surface area (Å²) in [6.07, 6.45) is 1.04. The van der Waals surface area contributed by atoms with Crippen molar-refractivity contribution in [1.29, 1.82) is 0 Å². The van der Waals surface area contributed by atoms with Crippen LogP contribution in [0.1, 0.15) is 30.6 Å². The SMILES string of the molecule is CCC(C)CNC(=O)c1ccc(Cl)cc1N. The summed E-state index contributed by atoms with van der Waals surface area (Å²) >= 11 is 5.76. The second-order valence-electron chi connectivity index (χ2n) is 3.96. The van der Waals surface area contributed by atoms with Crippen LogP contribution in [0.4, 0.5) is 5.69 Å². The highest BCUT2D eigenvalue weighted by molar-refractivity contribution is 6.31. The molecule has 0 aliphatic carbocycles. The Morgan fingerprint density at radius 1 is 1.56 bits per heavy atom. The quantitative estimate of drug-likeness (QED) is 0.795. The van der Waals surface area contributed by atoms with Crippen molar-refractivity contribution in [2.45, 2.75) is 20.3 Å². The predicted octanol–water partition coefficient (Wildman–Crippen LogP) is 2.70. The molecule has 1 unspecified atom stereocenters. The van der Waals surface area contributed by atoms with Crippen LogP contribution in [0.25, 0.3) is 0 Å². The molecule has 3 N–H and O–H groups in total. The Labute approximate surface area is 101 Å². The molecule has 1 aromatic carbocycles. The lowest BCUT2D eigenvalue weighted by molar-refractivity contribution is 0.0948. The van der Waals surface area contributed by atoms with E-state index >= 15 is 0 Å². The Balaban J connectivity index is 2.66. The number of hydrogen-bond donors (Lipinski definition) is 2. The molecule has 0 bridgehead atoms. The largest absolute Gasteiger partial charge is 0.398 e. The molecule has 0 saturated heterocycles. The van der Waals surface area contributed by atoms with Crippen LogP contribution in [-0.4, -0.2) is 12.5 Å². The minimum absolute atomic E-state index is 0.144. The standard InChI is InChI=1S/C12H17ClN2O/c1-3-8(2)7-15-12(16)10-5-4-9(13)6-11(10)14/h4-6,8H,3,7,14H2,1-2H3,(H,15,16). The van der Waals surface area contributed by atoms with E-state index in [-0.39, 0.29) is 5.91 Å². The minimum atomic E-state index is -0.144. The lowest BCUT2D eigenvalue weighted by Gasteiger charge is -2.11. The molecule has 0 spiro atoms. The zero-order chi connectivity index (χ0) is 12.1. The molecule has 0 fully saturated rings. The van der Waals surface area contributed by atoms with Crippen molar-refractivity contribution >= 4 is 23.2 Å². The summed E-state index contributed by atoms with van der Waals surface area (Å²) < 4.78 is 0. The summed E-state index contributed by atoms with van der Waals surface area (Å²) in [5.41, 5.74) is 6.61. The van der Waals surface area contributed by atoms with Gasteiger partial charge in [-0.1, -0.05) is 31.9 Å². The number of amides is 1. The molecule has 1 atom stereocenters. The molecule has 0 aromatic heterocycles. The van der Waals surface area contributed by atoms with E-state index in [1.54, 1.807) is 18.2 Å². The molecule has 1 rings (SSSR count). The van der Waals surface area contributed by atoms with E-state index in [1.165, 1.54) is 0 Å². The van der Waals surface area contributed by atoms with E-state index in [0.29, 0.717) is 28.7 Å². The molecule has 0 saturated carbocycles. The number of anilines is 1. The van der Waals surface area contributed by atoms with Crippen molar-refractivity contribution in [2.24, 2.45) is 5.92 Å². The highest BCUT2D eigenvalue weighted by atomic mass is 35.5. The Morgan fingerprint density at radius 2 is 2.25 bits per heavy atom. The van der Waals surface area contributed by atoms with Gasteiger partial charge in [0.1, 0.15) is 0 Å². The van der Waals surface area contributed by atoms with Crippen LogP contribution in [0.2, 0.25) is 5.02 Å². The number of carbonyl (C=O) groups excluding carboxylic acids is 1. The summed E-state index contributed by atoms with van der Waals surface area (Å²) in [4.78, 5) is 11.8. The fourth-order valence-electron chi connectivity index (χ4n) is 1.25. The first-order valence-corrected chi connectivity index (χ1v) is 5.75. The molecule has 3 nitrogen and oxygen atoms in total. The number of nitrogens with one attached hydrogen (secondary N) is 1. The Morgan fingerprint density at radius 3 is 2.81 bits per heavy atom. The van der Waals surface area contributed by atoms with Crippen LogP contribution >= 0.6 is 11.6 Å². The first-order valence-electron chi connectivity index (χ1n) is 5.37. The molecule has 1 aromatic rings. The van der Waals surface area contributed by atoms with Gasteiger partial charge < -0.3 is 11.1 Å². The average Bonchev–Trinajstić information content (AvgIpc) is 2.25. The molecule has 0 radical (unpaired) electrons. The Kier molecular flexibility index (Phi) is 4.62. The summed E-state index contributed by atoms with van der Waals surface area (Å²) in [6.45, 7) is 4.84. The molecule has 0 aliphatic heterocycles. The van der Waals surface area contributed by atoms with E-state index in [9.17, 15) is 4.79 Å². The molecule has 16 heavy (non-hydrogen) atoms. The van der Waals surface area contributed by atoms with Gasteiger partial charge in [0.2, 0.25) is 0 Å². The van der Waals surface area contributed by atoms with Gasteiger partial charge in [0, 0.05) is 17.3 Å². The van der Waals surface area contributed by atoms with Crippen LogP contribution in [-0.2, 0) is 0 Å². The van der Waals surface area contributed by atoms with Gasteiger partial charge in [-0.2, -0.15) is 0 Å². The summed E-state index contributed by atoms with van der Waals surface area (Å²) in [5, 5.41) is 3.39. The lowest BCUT2D eigenvalue weighted by atomic mass is 10.1. The molecule has 88 valence electrons. The maximum absolute atomic E-state index is 11.8. The number of rotatable bonds is 4. The zero-order valence-electron chi connectivity index (χ0n) is 9.59. The van der Waals surface area contributed by atoms with Crippen molar-refractivity contribution in [2.75, 3.05) is 12.3 Å². The molecule has 0 heterocycles. The second-order valence-corrected chi connectivity index (χ2v) is 4.39. The molecular formula is C12H17ClN2O. The number of carbonyl (C=O) groups is 1. The third kappa shape index (κ3) is 3.42. The maximum Gasteiger partial charge on any atom is 0.253 e. The van der Waals surface area contributed by atoms with E-state index in [4.69, 9.17) is 17.3 Å². The fourth-order valence-corrected chi connectivity index (χ4v) is 1.43. The van der Waals surface area contributed by atoms with Gasteiger partial charge in [-0.3, -0.25) is 4.79 Å². The lowest BCUT2D eigenvalue weighted by Crippen LogP contribution is -2.28. The van der Waals surface area contributed by atoms with Gasteiger partial charge in [0.05, 0.1) is 5.56 Å². The topological polar surface area (TPSA) is 55.1 Å². The van der Waals surface area contributed by atoms with Crippen molar-refractivity contribution in [3.63, 3.8) is 0 Å². The van der Waals surface area contributed by atoms with Crippen molar-refractivity contribution in [1.82, 2.24) is 5.32 Å². The Bertz CT molecular complexity index is 379. The number of benzene rings is 1. The van der Waals surface area contributed by atoms with Crippen LogP contribution in [0.15, 0.2) is 18.2 Å². The van der Waals surface area contributed by atoms with E-state index in [1.807, 2.05) is 0 Å². The van der Waals surface area contributed by atoms with Crippen molar-refractivity contribution in [3.05, 3.63) is 28.8 Å². The molecule has 4 heteroatoms. The third-order valence-corrected chi connectivity index (χ3v) is 2.80. The van der Waals surface area contributed by atoms with Crippen LogP contribution < -0.4 is 11.1 Å². The monoisotopic (exact) mass is 240 g/mol. The van der Waals surface area contributed by atoms with E-state index < -0.39 is 0 Å². The summed E-state index contributed by atoms with van der Waals surface area (Å²) in [5.74, 6) is 0.326. The maximum atomic E-state index is 11.8. The summed E-state index contributed by atoms with van der Waals surface area (Å²) in [7, 11) is 0. The normalized spacial score (nSPS) is 12.2. The van der Waals surface area contributed by atoms with Gasteiger partial charge >= 0.3 is 0 Å². The van der Waals surface area contributed by atoms with Gasteiger partial charge in [-0.25, -0.2) is 0 Å². The molecular weight excluding hydrogens is 224 g/mol. The van der Waals surface area contributed by atoms with Gasteiger partial charge in [0.25, 0.3) is 5.91 Å². The summed E-state index contributed by atoms with van der Waals surface area (Å²) in [6, 6.07) is 4.89. The third-order valence-electron chi connectivity index (χ3n) is 2.57. The van der Waals surface area contributed by atoms with Crippen LogP contribution in [0.3, 0.4) is 0 Å². The first-order chi connectivity index (χ1) is 7.54. The van der Waals surface area contributed by atoms with Gasteiger partial charge in [-0.15, -0.1) is 0 Å². The van der Waals surface area contributed by atoms with Crippen molar-refractivity contribution in [3.8, 4) is 0 Å². The number of nitrogen functional groups attached to an aromatic ring is 1. The number of hydrogen-bond acceptors (Lipinski definition) is 2. The van der Waals surface area contributed by atoms with Gasteiger partial charge in [-0.05, 0) is 24.1 Å². The van der Waals surface area contributed by atoms with Crippen LogP contribution in [0.5, 0.6) is 0 Å². The van der Waals surface area contributed by atoms with E-state index in [2.05, 4.69) is 19.2 Å². The molecule has 1 amide bonds. The minimum Gasteiger partial charge on any atom is -0.398 e. The smallest absolute Gasteiger partial charge is 0.253 e. The highest BCUT2D eigenvalue weighted by Crippen LogP contribution is 2.17. The van der Waals surface area contributed by atoms with Crippen LogP contribution in [0, 0.1) is 5.92 Å².